The zero-order valence-electron chi connectivity index (χ0n) is 14.7. The van der Waals surface area contributed by atoms with Crippen LogP contribution < -0.4 is 5.32 Å². The molecule has 1 aromatic heterocycles. The topological polar surface area (TPSA) is 46.9 Å². The predicted octanol–water partition coefficient (Wildman–Crippen LogP) is 4.53. The molecule has 6 heteroatoms. The van der Waals surface area contributed by atoms with E-state index in [4.69, 9.17) is 11.6 Å². The van der Waals surface area contributed by atoms with E-state index in [1.165, 1.54) is 17.7 Å². The van der Waals surface area contributed by atoms with E-state index in [1.807, 2.05) is 29.1 Å². The number of nitrogens with zero attached hydrogens (tertiary/aromatic N) is 2. The highest BCUT2D eigenvalue weighted by atomic mass is 35.5. The summed E-state index contributed by atoms with van der Waals surface area (Å²) in [7, 11) is 0. The summed E-state index contributed by atoms with van der Waals surface area (Å²) in [5, 5.41) is 7.69. The Kier molecular flexibility index (Phi) is 4.94. The number of halogens is 2. The van der Waals surface area contributed by atoms with Gasteiger partial charge in [0.15, 0.2) is 0 Å². The number of benzene rings is 2. The van der Waals surface area contributed by atoms with Gasteiger partial charge in [-0.2, -0.15) is 5.10 Å². The zero-order chi connectivity index (χ0) is 18.8. The van der Waals surface area contributed by atoms with Gasteiger partial charge in [0, 0.05) is 11.3 Å². The molecule has 3 aromatic rings. The molecule has 0 saturated carbocycles. The number of rotatable bonds is 4. The van der Waals surface area contributed by atoms with Gasteiger partial charge < -0.3 is 5.32 Å². The van der Waals surface area contributed by atoms with E-state index in [0.29, 0.717) is 6.54 Å². The van der Waals surface area contributed by atoms with E-state index in [-0.39, 0.29) is 22.5 Å². The van der Waals surface area contributed by atoms with Crippen molar-refractivity contribution in [3.8, 4) is 0 Å². The van der Waals surface area contributed by atoms with Gasteiger partial charge in [0.1, 0.15) is 5.82 Å². The smallest absolute Gasteiger partial charge is 0.253 e. The maximum absolute atomic E-state index is 13.2. The second kappa shape index (κ2) is 7.53. The minimum Gasteiger partial charge on any atom is -0.345 e. The van der Waals surface area contributed by atoms with E-state index in [9.17, 15) is 9.18 Å². The van der Waals surface area contributed by atoms with Crippen LogP contribution in [0.15, 0.2) is 54.7 Å². The van der Waals surface area contributed by atoms with Crippen molar-refractivity contribution in [1.29, 1.82) is 0 Å². The van der Waals surface area contributed by atoms with Crippen molar-refractivity contribution < 1.29 is 9.18 Å². The van der Waals surface area contributed by atoms with Gasteiger partial charge in [-0.15, -0.1) is 0 Å². The lowest BCUT2D eigenvalue weighted by Crippen LogP contribution is -2.31. The van der Waals surface area contributed by atoms with Crippen molar-refractivity contribution in [3.05, 3.63) is 88.0 Å². The molecule has 0 bridgehead atoms. The molecule has 1 amide bonds. The van der Waals surface area contributed by atoms with E-state index >= 15 is 0 Å². The van der Waals surface area contributed by atoms with Crippen molar-refractivity contribution >= 4 is 17.5 Å². The molecule has 4 rings (SSSR count). The average molecular weight is 384 g/mol. The van der Waals surface area contributed by atoms with Gasteiger partial charge in [-0.05, 0) is 43.0 Å². The van der Waals surface area contributed by atoms with Crippen LogP contribution in [-0.4, -0.2) is 15.7 Å². The molecule has 27 heavy (non-hydrogen) atoms. The largest absolute Gasteiger partial charge is 0.345 e. The Morgan fingerprint density at radius 1 is 1.26 bits per heavy atom. The fourth-order valence-electron chi connectivity index (χ4n) is 3.57. The number of hydrogen-bond donors (Lipinski definition) is 1. The minimum atomic E-state index is -0.460. The van der Waals surface area contributed by atoms with Gasteiger partial charge in [0.05, 0.1) is 29.4 Å². The van der Waals surface area contributed by atoms with Crippen molar-refractivity contribution in [1.82, 2.24) is 15.1 Å². The first-order valence-corrected chi connectivity index (χ1v) is 9.34. The Bertz CT molecular complexity index is 971. The monoisotopic (exact) mass is 383 g/mol. The lowest BCUT2D eigenvalue weighted by molar-refractivity contribution is 0.0932. The van der Waals surface area contributed by atoms with Gasteiger partial charge in [0.2, 0.25) is 0 Å². The first-order chi connectivity index (χ1) is 13.1. The van der Waals surface area contributed by atoms with Crippen LogP contribution in [0.4, 0.5) is 4.39 Å². The highest BCUT2D eigenvalue weighted by Gasteiger charge is 2.26. The van der Waals surface area contributed by atoms with Crippen LogP contribution in [0.2, 0.25) is 5.02 Å². The molecule has 1 aliphatic carbocycles. The summed E-state index contributed by atoms with van der Waals surface area (Å²) in [5.74, 6) is -0.757. The van der Waals surface area contributed by atoms with Gasteiger partial charge in [-0.1, -0.05) is 41.9 Å². The van der Waals surface area contributed by atoms with Crippen LogP contribution in [0.1, 0.15) is 46.1 Å². The molecular weight excluding hydrogens is 365 g/mol. The van der Waals surface area contributed by atoms with Crippen LogP contribution >= 0.6 is 11.6 Å². The summed E-state index contributed by atoms with van der Waals surface area (Å²) in [5.41, 5.74) is 3.67. The van der Waals surface area contributed by atoms with E-state index in [0.717, 1.165) is 36.6 Å². The third kappa shape index (κ3) is 3.74. The second-order valence-electron chi connectivity index (χ2n) is 6.73. The Balaban J connectivity index is 1.54. The number of nitrogens with one attached hydrogen (secondary N) is 1. The molecule has 0 unspecified atom stereocenters. The van der Waals surface area contributed by atoms with E-state index < -0.39 is 5.82 Å². The average Bonchev–Trinajstić information content (AvgIpc) is 3.06. The fourth-order valence-corrected chi connectivity index (χ4v) is 3.82. The molecule has 0 saturated heterocycles. The molecule has 1 heterocycles. The SMILES string of the molecule is O=C(N[C@H]1CCCc2c1cnn2Cc1ccccc1)c1ccc(F)cc1Cl. The van der Waals surface area contributed by atoms with Gasteiger partial charge in [-0.25, -0.2) is 4.39 Å². The van der Waals surface area contributed by atoms with Crippen LogP contribution in [0.3, 0.4) is 0 Å². The number of fused-ring (bicyclic) bond motifs is 1. The van der Waals surface area contributed by atoms with Crippen molar-refractivity contribution in [2.45, 2.75) is 31.8 Å². The summed E-state index contributed by atoms with van der Waals surface area (Å²) in [6, 6.07) is 13.9. The molecular formula is C21H19ClFN3O. The number of carbonyl (C=O) groups excluding carboxylic acids is 1. The third-order valence-electron chi connectivity index (χ3n) is 4.92. The molecule has 138 valence electrons. The van der Waals surface area contributed by atoms with Gasteiger partial charge in [0.25, 0.3) is 5.91 Å². The normalized spacial score (nSPS) is 16.0. The molecule has 0 radical (unpaired) electrons. The third-order valence-corrected chi connectivity index (χ3v) is 5.23. The fraction of sp³-hybridized carbons (Fsp3) is 0.238. The summed E-state index contributed by atoms with van der Waals surface area (Å²) in [6.45, 7) is 0.709. The Hall–Kier alpha value is -2.66. The van der Waals surface area contributed by atoms with Gasteiger partial charge in [-0.3, -0.25) is 9.48 Å². The van der Waals surface area contributed by atoms with Crippen LogP contribution in [-0.2, 0) is 13.0 Å². The van der Waals surface area contributed by atoms with Crippen molar-refractivity contribution in [3.63, 3.8) is 0 Å². The van der Waals surface area contributed by atoms with Crippen LogP contribution in [0.5, 0.6) is 0 Å². The Labute approximate surface area is 162 Å². The Morgan fingerprint density at radius 3 is 2.85 bits per heavy atom. The molecule has 0 spiro atoms. The number of amides is 1. The molecule has 2 aromatic carbocycles. The maximum atomic E-state index is 13.2. The summed E-state index contributed by atoms with van der Waals surface area (Å²) < 4.78 is 15.2. The van der Waals surface area contributed by atoms with E-state index in [1.54, 1.807) is 0 Å². The number of carbonyl (C=O) groups is 1. The molecule has 4 nitrogen and oxygen atoms in total. The second-order valence-corrected chi connectivity index (χ2v) is 7.14. The molecule has 1 atom stereocenters. The highest BCUT2D eigenvalue weighted by Crippen LogP contribution is 2.30. The molecule has 0 fully saturated rings. The first-order valence-electron chi connectivity index (χ1n) is 8.96. The van der Waals surface area contributed by atoms with Crippen molar-refractivity contribution in [2.24, 2.45) is 0 Å². The minimum absolute atomic E-state index is 0.114. The van der Waals surface area contributed by atoms with Crippen LogP contribution in [0, 0.1) is 5.82 Å². The molecule has 1 aliphatic rings. The van der Waals surface area contributed by atoms with E-state index in [2.05, 4.69) is 22.5 Å². The predicted molar refractivity (Wildman–Crippen MR) is 102 cm³/mol. The highest BCUT2D eigenvalue weighted by molar-refractivity contribution is 6.33. The molecule has 1 N–H and O–H groups in total. The lowest BCUT2D eigenvalue weighted by atomic mass is 9.92. The van der Waals surface area contributed by atoms with Gasteiger partial charge >= 0.3 is 0 Å². The quantitative estimate of drug-likeness (QED) is 0.719. The standard InChI is InChI=1S/C21H19ClFN3O/c22-18-11-15(23)9-10-16(18)21(27)25-19-7-4-8-20-17(19)12-24-26(20)13-14-5-2-1-3-6-14/h1-3,5-6,9-12,19H,4,7-8,13H2,(H,25,27)/t19-/m0/s1. The summed E-state index contributed by atoms with van der Waals surface area (Å²) >= 11 is 6.02. The van der Waals surface area contributed by atoms with Crippen LogP contribution in [0.25, 0.3) is 0 Å². The zero-order valence-corrected chi connectivity index (χ0v) is 15.4. The lowest BCUT2D eigenvalue weighted by Gasteiger charge is -2.24. The number of hydrogen-bond acceptors (Lipinski definition) is 2. The Morgan fingerprint density at radius 2 is 2.07 bits per heavy atom. The van der Waals surface area contributed by atoms with Crippen molar-refractivity contribution in [2.75, 3.05) is 0 Å². The molecule has 0 aliphatic heterocycles. The maximum Gasteiger partial charge on any atom is 0.253 e. The number of aromatic nitrogens is 2. The summed E-state index contributed by atoms with van der Waals surface area (Å²) in [6.07, 6.45) is 4.59. The first kappa shape index (κ1) is 17.7. The summed E-state index contributed by atoms with van der Waals surface area (Å²) in [4.78, 5) is 12.6.